The molecule has 2 N–H and O–H groups in total. The van der Waals surface area contributed by atoms with Crippen molar-refractivity contribution < 1.29 is 9.90 Å². The zero-order valence-corrected chi connectivity index (χ0v) is 15.3. The number of nitrogens with one attached hydrogen (secondary N) is 1. The van der Waals surface area contributed by atoms with E-state index in [1.807, 2.05) is 27.8 Å². The lowest BCUT2D eigenvalue weighted by atomic mass is 10.1. The summed E-state index contributed by atoms with van der Waals surface area (Å²) in [4.78, 5) is 24.9. The predicted octanol–water partition coefficient (Wildman–Crippen LogP) is 0.865. The molecule has 1 aliphatic heterocycles. The van der Waals surface area contributed by atoms with Crippen molar-refractivity contribution in [3.05, 3.63) is 42.6 Å². The van der Waals surface area contributed by atoms with Crippen LogP contribution in [0.2, 0.25) is 0 Å². The third-order valence-corrected chi connectivity index (χ3v) is 4.32. The molecule has 26 heavy (non-hydrogen) atoms. The van der Waals surface area contributed by atoms with Gasteiger partial charge in [0, 0.05) is 63.4 Å². The van der Waals surface area contributed by atoms with Crippen molar-refractivity contribution in [3.63, 3.8) is 0 Å². The van der Waals surface area contributed by atoms with Gasteiger partial charge in [-0.25, -0.2) is 14.8 Å². The minimum atomic E-state index is -0.714. The van der Waals surface area contributed by atoms with Gasteiger partial charge in [0.2, 0.25) is 0 Å². The second-order valence-corrected chi connectivity index (χ2v) is 7.19. The number of pyridine rings is 1. The molecule has 0 saturated carbocycles. The quantitative estimate of drug-likeness (QED) is 0.828. The van der Waals surface area contributed by atoms with Gasteiger partial charge >= 0.3 is 6.03 Å². The van der Waals surface area contributed by atoms with Gasteiger partial charge in [-0.05, 0) is 19.9 Å². The Balaban J connectivity index is 1.53. The van der Waals surface area contributed by atoms with Crippen LogP contribution in [-0.2, 0) is 6.54 Å². The molecule has 8 nitrogen and oxygen atoms in total. The lowest BCUT2D eigenvalue weighted by molar-refractivity contribution is 0.0225. The number of aromatic nitrogens is 3. The molecular weight excluding hydrogens is 332 g/mol. The second kappa shape index (κ2) is 7.84. The lowest BCUT2D eigenvalue weighted by Crippen LogP contribution is -2.54. The smallest absolute Gasteiger partial charge is 0.317 e. The molecule has 140 valence electrons. The standard InChI is InChI=1S/C18H26N6O2/c1-18(2,26)13-22-8-10-23(11-9-22)17(25)21-12-15-4-3-5-20-16(15)24-7-6-19-14-24/h3-7,14,26H,8-13H2,1-2H3,(H,21,25). The third-order valence-electron chi connectivity index (χ3n) is 4.32. The topological polar surface area (TPSA) is 86.5 Å². The number of nitrogens with zero attached hydrogens (tertiary/aromatic N) is 5. The fourth-order valence-corrected chi connectivity index (χ4v) is 3.12. The number of hydrogen-bond acceptors (Lipinski definition) is 5. The van der Waals surface area contributed by atoms with Crippen LogP contribution in [0.4, 0.5) is 4.79 Å². The van der Waals surface area contributed by atoms with Crippen LogP contribution in [0.1, 0.15) is 19.4 Å². The molecule has 0 spiro atoms. The highest BCUT2D eigenvalue weighted by Crippen LogP contribution is 2.12. The SMILES string of the molecule is CC(C)(O)CN1CCN(C(=O)NCc2cccnc2-n2ccnc2)CC1. The molecule has 2 aromatic heterocycles. The Morgan fingerprint density at radius 1 is 1.27 bits per heavy atom. The summed E-state index contributed by atoms with van der Waals surface area (Å²) < 4.78 is 1.83. The number of urea groups is 1. The van der Waals surface area contributed by atoms with Gasteiger partial charge in [-0.3, -0.25) is 9.47 Å². The first-order valence-electron chi connectivity index (χ1n) is 8.82. The first kappa shape index (κ1) is 18.3. The van der Waals surface area contributed by atoms with Crippen LogP contribution in [-0.4, -0.2) is 73.8 Å². The number of imidazole rings is 1. The highest BCUT2D eigenvalue weighted by molar-refractivity contribution is 5.74. The van der Waals surface area contributed by atoms with Crippen molar-refractivity contribution in [1.29, 1.82) is 0 Å². The van der Waals surface area contributed by atoms with E-state index < -0.39 is 5.60 Å². The number of amides is 2. The molecule has 0 radical (unpaired) electrons. The Bertz CT molecular complexity index is 718. The van der Waals surface area contributed by atoms with E-state index in [4.69, 9.17) is 0 Å². The molecule has 8 heteroatoms. The molecule has 0 unspecified atom stereocenters. The predicted molar refractivity (Wildman–Crippen MR) is 97.9 cm³/mol. The fraction of sp³-hybridized carbons (Fsp3) is 0.500. The number of hydrogen-bond donors (Lipinski definition) is 2. The molecule has 2 aromatic rings. The van der Waals surface area contributed by atoms with E-state index in [1.165, 1.54) is 0 Å². The van der Waals surface area contributed by atoms with Gasteiger partial charge in [0.15, 0.2) is 0 Å². The first-order valence-corrected chi connectivity index (χ1v) is 8.82. The molecule has 0 aromatic carbocycles. The largest absolute Gasteiger partial charge is 0.389 e. The van der Waals surface area contributed by atoms with Gasteiger partial charge < -0.3 is 15.3 Å². The summed E-state index contributed by atoms with van der Waals surface area (Å²) in [6.45, 7) is 7.48. The van der Waals surface area contributed by atoms with Crippen LogP contribution in [0.15, 0.2) is 37.1 Å². The summed E-state index contributed by atoms with van der Waals surface area (Å²) in [5.74, 6) is 0.764. The summed E-state index contributed by atoms with van der Waals surface area (Å²) in [6.07, 6.45) is 6.94. The lowest BCUT2D eigenvalue weighted by Gasteiger charge is -2.37. The van der Waals surface area contributed by atoms with E-state index >= 15 is 0 Å². The number of carbonyl (C=O) groups is 1. The van der Waals surface area contributed by atoms with E-state index in [9.17, 15) is 9.90 Å². The zero-order chi connectivity index (χ0) is 18.6. The maximum atomic E-state index is 12.5. The van der Waals surface area contributed by atoms with Crippen LogP contribution in [0.3, 0.4) is 0 Å². The van der Waals surface area contributed by atoms with E-state index in [1.54, 1.807) is 32.6 Å². The van der Waals surface area contributed by atoms with E-state index in [2.05, 4.69) is 20.2 Å². The monoisotopic (exact) mass is 358 g/mol. The molecule has 1 aliphatic rings. The van der Waals surface area contributed by atoms with E-state index in [0.29, 0.717) is 26.2 Å². The summed E-state index contributed by atoms with van der Waals surface area (Å²) in [6, 6.07) is 3.73. The second-order valence-electron chi connectivity index (χ2n) is 7.19. The third kappa shape index (κ3) is 4.80. The van der Waals surface area contributed by atoms with Crippen LogP contribution < -0.4 is 5.32 Å². The van der Waals surface area contributed by atoms with Crippen LogP contribution in [0.25, 0.3) is 5.82 Å². The van der Waals surface area contributed by atoms with Crippen molar-refractivity contribution in [1.82, 2.24) is 29.7 Å². The first-order chi connectivity index (χ1) is 12.4. The normalized spacial score (nSPS) is 15.9. The van der Waals surface area contributed by atoms with Gasteiger partial charge in [-0.2, -0.15) is 0 Å². The van der Waals surface area contributed by atoms with Crippen LogP contribution >= 0.6 is 0 Å². The summed E-state index contributed by atoms with van der Waals surface area (Å²) >= 11 is 0. The van der Waals surface area contributed by atoms with Crippen LogP contribution in [0, 0.1) is 0 Å². The molecular formula is C18H26N6O2. The molecule has 3 rings (SSSR count). The van der Waals surface area contributed by atoms with Gasteiger partial charge in [-0.1, -0.05) is 6.07 Å². The van der Waals surface area contributed by atoms with Crippen molar-refractivity contribution in [2.75, 3.05) is 32.7 Å². The average Bonchev–Trinajstić information content (AvgIpc) is 3.13. The van der Waals surface area contributed by atoms with E-state index in [0.717, 1.165) is 24.5 Å². The summed E-state index contributed by atoms with van der Waals surface area (Å²) in [7, 11) is 0. The van der Waals surface area contributed by atoms with Crippen LogP contribution in [0.5, 0.6) is 0 Å². The maximum absolute atomic E-state index is 12.5. The Morgan fingerprint density at radius 3 is 2.69 bits per heavy atom. The molecule has 0 aliphatic carbocycles. The summed E-state index contributed by atoms with van der Waals surface area (Å²) in [5.41, 5.74) is 0.216. The Labute approximate surface area is 153 Å². The Kier molecular flexibility index (Phi) is 5.53. The molecule has 0 bridgehead atoms. The molecule has 2 amide bonds. The summed E-state index contributed by atoms with van der Waals surface area (Å²) in [5, 5.41) is 12.9. The van der Waals surface area contributed by atoms with Crippen molar-refractivity contribution in [2.24, 2.45) is 0 Å². The minimum Gasteiger partial charge on any atom is -0.389 e. The van der Waals surface area contributed by atoms with Gasteiger partial charge in [0.1, 0.15) is 12.1 Å². The number of carbonyl (C=O) groups excluding carboxylic acids is 1. The molecule has 0 atom stereocenters. The number of β-amino-alcohol motifs (C(OH)–C–C–N with tert-alkyl or cyclic N) is 1. The molecule has 1 saturated heterocycles. The van der Waals surface area contributed by atoms with Crippen molar-refractivity contribution in [2.45, 2.75) is 26.0 Å². The maximum Gasteiger partial charge on any atom is 0.317 e. The van der Waals surface area contributed by atoms with Gasteiger partial charge in [-0.15, -0.1) is 0 Å². The molecule has 3 heterocycles. The van der Waals surface area contributed by atoms with Crippen molar-refractivity contribution >= 4 is 6.03 Å². The minimum absolute atomic E-state index is 0.0756. The fourth-order valence-electron chi connectivity index (χ4n) is 3.12. The van der Waals surface area contributed by atoms with E-state index in [-0.39, 0.29) is 6.03 Å². The highest BCUT2D eigenvalue weighted by atomic mass is 16.3. The Morgan fingerprint density at radius 2 is 2.04 bits per heavy atom. The Hall–Kier alpha value is -2.45. The molecule has 1 fully saturated rings. The van der Waals surface area contributed by atoms with Gasteiger partial charge in [0.25, 0.3) is 0 Å². The van der Waals surface area contributed by atoms with Crippen molar-refractivity contribution in [3.8, 4) is 5.82 Å². The van der Waals surface area contributed by atoms with Gasteiger partial charge in [0.05, 0.1) is 5.60 Å². The highest BCUT2D eigenvalue weighted by Gasteiger charge is 2.25. The zero-order valence-electron chi connectivity index (χ0n) is 15.3. The number of rotatable bonds is 5. The number of aliphatic hydroxyl groups is 1. The average molecular weight is 358 g/mol. The number of piperazine rings is 1.